The minimum Gasteiger partial charge on any atom is -0.465 e. The summed E-state index contributed by atoms with van der Waals surface area (Å²) in [6.07, 6.45) is 0. The number of carbonyl (C=O) groups is 1. The van der Waals surface area contributed by atoms with Gasteiger partial charge in [-0.25, -0.2) is 9.18 Å². The first-order valence-corrected chi connectivity index (χ1v) is 3.70. The van der Waals surface area contributed by atoms with Crippen LogP contribution in [-0.4, -0.2) is 20.9 Å². The van der Waals surface area contributed by atoms with Gasteiger partial charge in [0.25, 0.3) is 0 Å². The standard InChI is InChI=1S/C9H8BFO2/c1-5-6(9(12)13-2)3-4-7(11)8(5)10/h3-4H,1-2H3. The molecule has 0 aliphatic heterocycles. The molecule has 0 unspecified atom stereocenters. The van der Waals surface area contributed by atoms with Crippen LogP contribution in [0.4, 0.5) is 4.39 Å². The van der Waals surface area contributed by atoms with Crippen molar-refractivity contribution in [3.63, 3.8) is 0 Å². The molecule has 66 valence electrons. The van der Waals surface area contributed by atoms with Gasteiger partial charge < -0.3 is 4.74 Å². The van der Waals surface area contributed by atoms with Crippen molar-refractivity contribution < 1.29 is 13.9 Å². The quantitative estimate of drug-likeness (QED) is 0.467. The van der Waals surface area contributed by atoms with Crippen molar-refractivity contribution in [2.45, 2.75) is 6.92 Å². The Balaban J connectivity index is 3.26. The summed E-state index contributed by atoms with van der Waals surface area (Å²) in [5.74, 6) is -1.03. The largest absolute Gasteiger partial charge is 0.465 e. The van der Waals surface area contributed by atoms with Gasteiger partial charge in [0.2, 0.25) is 0 Å². The lowest BCUT2D eigenvalue weighted by molar-refractivity contribution is 0.0600. The summed E-state index contributed by atoms with van der Waals surface area (Å²) in [6, 6.07) is 2.50. The van der Waals surface area contributed by atoms with Gasteiger partial charge in [0.15, 0.2) is 0 Å². The molecule has 0 saturated heterocycles. The van der Waals surface area contributed by atoms with E-state index in [-0.39, 0.29) is 5.46 Å². The van der Waals surface area contributed by atoms with Crippen LogP contribution in [0.2, 0.25) is 0 Å². The van der Waals surface area contributed by atoms with E-state index in [1.54, 1.807) is 6.92 Å². The number of esters is 1. The van der Waals surface area contributed by atoms with Crippen molar-refractivity contribution in [3.05, 3.63) is 29.1 Å². The molecule has 0 aliphatic rings. The van der Waals surface area contributed by atoms with Gasteiger partial charge in [-0.2, -0.15) is 0 Å². The number of hydrogen-bond acceptors (Lipinski definition) is 2. The van der Waals surface area contributed by atoms with E-state index in [0.717, 1.165) is 6.07 Å². The van der Waals surface area contributed by atoms with Crippen LogP contribution in [-0.2, 0) is 4.74 Å². The first-order valence-electron chi connectivity index (χ1n) is 3.70. The highest BCUT2D eigenvalue weighted by Crippen LogP contribution is 2.08. The predicted octanol–water partition coefficient (Wildman–Crippen LogP) is 0.715. The van der Waals surface area contributed by atoms with Crippen LogP contribution in [0, 0.1) is 12.7 Å². The number of halogens is 1. The molecule has 0 saturated carbocycles. The zero-order valence-corrected chi connectivity index (χ0v) is 7.43. The molecule has 1 aromatic carbocycles. The molecule has 0 atom stereocenters. The zero-order valence-electron chi connectivity index (χ0n) is 7.43. The second-order valence-corrected chi connectivity index (χ2v) is 2.63. The van der Waals surface area contributed by atoms with Gasteiger partial charge >= 0.3 is 5.97 Å². The summed E-state index contributed by atoms with van der Waals surface area (Å²) in [6.45, 7) is 1.57. The van der Waals surface area contributed by atoms with Crippen LogP contribution in [0.25, 0.3) is 0 Å². The molecular formula is C9H8BFO2. The number of carbonyl (C=O) groups excluding carboxylic acids is 1. The molecule has 0 aliphatic carbocycles. The molecule has 1 aromatic rings. The van der Waals surface area contributed by atoms with Crippen molar-refractivity contribution in [2.24, 2.45) is 0 Å². The topological polar surface area (TPSA) is 26.3 Å². The van der Waals surface area contributed by atoms with E-state index in [1.165, 1.54) is 13.2 Å². The molecule has 0 N–H and O–H groups in total. The first-order chi connectivity index (χ1) is 6.07. The molecule has 1 rings (SSSR count). The molecule has 0 amide bonds. The number of methoxy groups -OCH3 is 1. The third kappa shape index (κ3) is 1.71. The van der Waals surface area contributed by atoms with Gasteiger partial charge in [0, 0.05) is 0 Å². The Hall–Kier alpha value is -1.32. The second kappa shape index (κ2) is 3.60. The minimum atomic E-state index is -0.523. The SMILES string of the molecule is [B]c1c(F)ccc(C(=O)OC)c1C. The van der Waals surface area contributed by atoms with Crippen LogP contribution < -0.4 is 5.46 Å². The highest BCUT2D eigenvalue weighted by Gasteiger charge is 2.11. The third-order valence-corrected chi connectivity index (χ3v) is 1.87. The van der Waals surface area contributed by atoms with Crippen molar-refractivity contribution in [2.75, 3.05) is 7.11 Å². The summed E-state index contributed by atoms with van der Waals surface area (Å²) in [5.41, 5.74) is 0.691. The van der Waals surface area contributed by atoms with Crippen molar-refractivity contribution in [3.8, 4) is 0 Å². The van der Waals surface area contributed by atoms with E-state index in [9.17, 15) is 9.18 Å². The fourth-order valence-corrected chi connectivity index (χ4v) is 1.03. The molecule has 0 fully saturated rings. The van der Waals surface area contributed by atoms with Gasteiger partial charge in [-0.3, -0.25) is 0 Å². The van der Waals surface area contributed by atoms with E-state index >= 15 is 0 Å². The number of benzene rings is 1. The summed E-state index contributed by atoms with van der Waals surface area (Å²) >= 11 is 0. The summed E-state index contributed by atoms with van der Waals surface area (Å²) in [5, 5.41) is 0. The van der Waals surface area contributed by atoms with Crippen LogP contribution in [0.3, 0.4) is 0 Å². The van der Waals surface area contributed by atoms with Gasteiger partial charge in [-0.15, -0.1) is 0 Å². The summed E-state index contributed by atoms with van der Waals surface area (Å²) in [4.78, 5) is 11.1. The molecule has 2 radical (unpaired) electrons. The lowest BCUT2D eigenvalue weighted by atomic mass is 9.88. The highest BCUT2D eigenvalue weighted by molar-refractivity contribution is 6.34. The Morgan fingerprint density at radius 2 is 2.15 bits per heavy atom. The highest BCUT2D eigenvalue weighted by atomic mass is 19.1. The molecule has 0 heterocycles. The third-order valence-electron chi connectivity index (χ3n) is 1.87. The van der Waals surface area contributed by atoms with Crippen molar-refractivity contribution in [1.82, 2.24) is 0 Å². The van der Waals surface area contributed by atoms with Gasteiger partial charge in [0.1, 0.15) is 13.7 Å². The average Bonchev–Trinajstić information content (AvgIpc) is 2.13. The minimum absolute atomic E-state index is 0.0112. The van der Waals surface area contributed by atoms with Gasteiger partial charge in [0.05, 0.1) is 12.7 Å². The van der Waals surface area contributed by atoms with Crippen molar-refractivity contribution in [1.29, 1.82) is 0 Å². The number of hydrogen-bond donors (Lipinski definition) is 0. The van der Waals surface area contributed by atoms with Crippen LogP contribution in [0.5, 0.6) is 0 Å². The monoisotopic (exact) mass is 178 g/mol. The molecule has 2 nitrogen and oxygen atoms in total. The molecule has 13 heavy (non-hydrogen) atoms. The molecule has 0 aromatic heterocycles. The summed E-state index contributed by atoms with van der Waals surface area (Å²) in [7, 11) is 6.66. The smallest absolute Gasteiger partial charge is 0.338 e. The predicted molar refractivity (Wildman–Crippen MR) is 47.9 cm³/mol. The average molecular weight is 178 g/mol. The zero-order chi connectivity index (χ0) is 10.0. The Labute approximate surface area is 77.1 Å². The van der Waals surface area contributed by atoms with Gasteiger partial charge in [-0.1, -0.05) is 5.46 Å². The van der Waals surface area contributed by atoms with E-state index in [0.29, 0.717) is 11.1 Å². The lowest BCUT2D eigenvalue weighted by Crippen LogP contribution is -2.17. The normalized spacial score (nSPS) is 9.77. The Morgan fingerprint density at radius 3 is 2.69 bits per heavy atom. The van der Waals surface area contributed by atoms with E-state index in [1.807, 2.05) is 0 Å². The lowest BCUT2D eigenvalue weighted by Gasteiger charge is -2.07. The molecular weight excluding hydrogens is 170 g/mol. The fraction of sp³-hybridized carbons (Fsp3) is 0.222. The van der Waals surface area contributed by atoms with E-state index < -0.39 is 11.8 Å². The second-order valence-electron chi connectivity index (χ2n) is 2.63. The maximum absolute atomic E-state index is 12.8. The van der Waals surface area contributed by atoms with E-state index in [2.05, 4.69) is 4.74 Å². The van der Waals surface area contributed by atoms with Crippen LogP contribution >= 0.6 is 0 Å². The van der Waals surface area contributed by atoms with E-state index in [4.69, 9.17) is 7.85 Å². The number of rotatable bonds is 1. The van der Waals surface area contributed by atoms with Crippen LogP contribution in [0.15, 0.2) is 12.1 Å². The molecule has 0 bridgehead atoms. The number of ether oxygens (including phenoxy) is 1. The Kier molecular flexibility index (Phi) is 2.71. The molecule has 0 spiro atoms. The fourth-order valence-electron chi connectivity index (χ4n) is 1.03. The van der Waals surface area contributed by atoms with Gasteiger partial charge in [-0.05, 0) is 24.6 Å². The molecule has 4 heteroatoms. The van der Waals surface area contributed by atoms with Crippen molar-refractivity contribution >= 4 is 19.3 Å². The Bertz CT molecular complexity index is 350. The maximum Gasteiger partial charge on any atom is 0.338 e. The Morgan fingerprint density at radius 1 is 1.54 bits per heavy atom. The summed E-state index contributed by atoms with van der Waals surface area (Å²) < 4.78 is 17.3. The van der Waals surface area contributed by atoms with Crippen LogP contribution in [0.1, 0.15) is 15.9 Å². The first kappa shape index (κ1) is 9.77. The maximum atomic E-state index is 12.8.